The van der Waals surface area contributed by atoms with Crippen molar-refractivity contribution in [3.8, 4) is 11.5 Å². The van der Waals surface area contributed by atoms with Crippen LogP contribution in [0.25, 0.3) is 10.2 Å². The van der Waals surface area contributed by atoms with Gasteiger partial charge < -0.3 is 15.4 Å². The fourth-order valence-corrected chi connectivity index (χ4v) is 4.12. The minimum absolute atomic E-state index is 0.275. The van der Waals surface area contributed by atoms with Gasteiger partial charge in [-0.05, 0) is 31.0 Å². The van der Waals surface area contributed by atoms with Gasteiger partial charge in [0.2, 0.25) is 0 Å². The highest BCUT2D eigenvalue weighted by molar-refractivity contribution is 7.22. The zero-order valence-corrected chi connectivity index (χ0v) is 17.7. The molecule has 1 atom stereocenters. The molecule has 0 fully saturated rings. The van der Waals surface area contributed by atoms with Gasteiger partial charge in [0, 0.05) is 25.4 Å². The van der Waals surface area contributed by atoms with Gasteiger partial charge in [-0.15, -0.1) is 0 Å². The largest absolute Gasteiger partial charge is 0.456 e. The van der Waals surface area contributed by atoms with E-state index in [9.17, 15) is 4.79 Å². The zero-order chi connectivity index (χ0) is 20.1. The molecule has 1 aromatic carbocycles. The van der Waals surface area contributed by atoms with Crippen LogP contribution in [-0.4, -0.2) is 29.0 Å². The van der Waals surface area contributed by atoms with Crippen LogP contribution in [0.2, 0.25) is 5.02 Å². The first-order valence-electron chi connectivity index (χ1n) is 9.27. The monoisotopic (exact) mass is 418 g/mol. The van der Waals surface area contributed by atoms with Crippen LogP contribution in [0, 0.1) is 0 Å². The molecule has 3 rings (SSSR count). The zero-order valence-electron chi connectivity index (χ0n) is 16.1. The number of aromatic nitrogens is 2. The second-order valence-electron chi connectivity index (χ2n) is 6.34. The lowest BCUT2D eigenvalue weighted by molar-refractivity contribution is 0.0958. The Morgan fingerprint density at radius 1 is 1.32 bits per heavy atom. The van der Waals surface area contributed by atoms with Gasteiger partial charge in [-0.3, -0.25) is 9.78 Å². The summed E-state index contributed by atoms with van der Waals surface area (Å²) < 4.78 is 6.78. The molecule has 8 heteroatoms. The third-order valence-corrected chi connectivity index (χ3v) is 5.85. The predicted molar refractivity (Wildman–Crippen MR) is 115 cm³/mol. The van der Waals surface area contributed by atoms with Crippen molar-refractivity contribution in [2.45, 2.75) is 39.2 Å². The van der Waals surface area contributed by atoms with Crippen molar-refractivity contribution in [1.29, 1.82) is 0 Å². The Labute approximate surface area is 173 Å². The number of nitrogens with one attached hydrogen (secondary N) is 2. The van der Waals surface area contributed by atoms with E-state index in [1.54, 1.807) is 25.2 Å². The summed E-state index contributed by atoms with van der Waals surface area (Å²) in [6.45, 7) is 4.35. The molecule has 1 amide bonds. The van der Waals surface area contributed by atoms with Crippen LogP contribution in [-0.2, 0) is 0 Å². The van der Waals surface area contributed by atoms with Gasteiger partial charge in [-0.2, -0.15) is 0 Å². The van der Waals surface area contributed by atoms with Crippen LogP contribution in [0.3, 0.4) is 0 Å². The molecule has 0 saturated carbocycles. The van der Waals surface area contributed by atoms with Gasteiger partial charge in [0.05, 0.1) is 10.2 Å². The van der Waals surface area contributed by atoms with Gasteiger partial charge in [0.1, 0.15) is 22.2 Å². The molecule has 2 N–H and O–H groups in total. The minimum Gasteiger partial charge on any atom is -0.456 e. The predicted octanol–water partition coefficient (Wildman–Crippen LogP) is 5.49. The normalized spacial score (nSPS) is 12.0. The number of hydrogen-bond acceptors (Lipinski definition) is 6. The molecular weight excluding hydrogens is 396 g/mol. The van der Waals surface area contributed by atoms with Crippen LogP contribution in [0.4, 0.5) is 5.13 Å². The van der Waals surface area contributed by atoms with Crippen molar-refractivity contribution < 1.29 is 9.53 Å². The number of carbonyl (C=O) groups is 1. The Kier molecular flexibility index (Phi) is 6.70. The van der Waals surface area contributed by atoms with E-state index in [0.717, 1.165) is 34.6 Å². The number of benzene rings is 1. The topological polar surface area (TPSA) is 76.1 Å². The first kappa shape index (κ1) is 20.4. The molecule has 0 aliphatic carbocycles. The smallest absolute Gasteiger partial charge is 0.269 e. The number of ether oxygens (including phenoxy) is 1. The van der Waals surface area contributed by atoms with E-state index in [-0.39, 0.29) is 11.6 Å². The van der Waals surface area contributed by atoms with Crippen LogP contribution in [0.5, 0.6) is 11.5 Å². The number of fused-ring (bicyclic) bond motifs is 1. The van der Waals surface area contributed by atoms with Crippen molar-refractivity contribution in [2.24, 2.45) is 0 Å². The highest BCUT2D eigenvalue weighted by Gasteiger charge is 2.15. The molecule has 0 aliphatic heterocycles. The Balaban J connectivity index is 1.85. The van der Waals surface area contributed by atoms with E-state index in [1.807, 2.05) is 6.07 Å². The molecule has 0 aliphatic rings. The Morgan fingerprint density at radius 2 is 2.14 bits per heavy atom. The molecule has 2 aromatic heterocycles. The fourth-order valence-electron chi connectivity index (χ4n) is 2.84. The molecule has 0 bridgehead atoms. The summed E-state index contributed by atoms with van der Waals surface area (Å²) in [6.07, 6.45) is 4.80. The number of anilines is 1. The van der Waals surface area contributed by atoms with Gasteiger partial charge in [-0.1, -0.05) is 43.2 Å². The molecule has 148 valence electrons. The van der Waals surface area contributed by atoms with E-state index < -0.39 is 0 Å². The molecule has 6 nitrogen and oxygen atoms in total. The molecular formula is C20H23ClN4O2S. The van der Waals surface area contributed by atoms with Crippen molar-refractivity contribution in [2.75, 3.05) is 12.4 Å². The highest BCUT2D eigenvalue weighted by atomic mass is 35.5. The number of thiazole rings is 1. The van der Waals surface area contributed by atoms with Crippen molar-refractivity contribution in [3.05, 3.63) is 41.2 Å². The highest BCUT2D eigenvalue weighted by Crippen LogP contribution is 2.40. The first-order valence-corrected chi connectivity index (χ1v) is 10.5. The third-order valence-electron chi connectivity index (χ3n) is 4.34. The summed E-state index contributed by atoms with van der Waals surface area (Å²) >= 11 is 8.11. The van der Waals surface area contributed by atoms with E-state index in [1.165, 1.54) is 17.5 Å². The second kappa shape index (κ2) is 9.21. The molecule has 0 radical (unpaired) electrons. The lowest BCUT2D eigenvalue weighted by atomic mass is 10.1. The SMILES string of the molecule is CCCC(CC)Nc1nc2ccc(Oc3ccnc(C(=O)NC)c3)c(Cl)c2s1. The van der Waals surface area contributed by atoms with Gasteiger partial charge in [-0.25, -0.2) is 4.98 Å². The number of nitrogens with zero attached hydrogens (tertiary/aromatic N) is 2. The van der Waals surface area contributed by atoms with Crippen LogP contribution >= 0.6 is 22.9 Å². The lowest BCUT2D eigenvalue weighted by Gasteiger charge is -2.14. The summed E-state index contributed by atoms with van der Waals surface area (Å²) in [6, 6.07) is 7.34. The Bertz CT molecular complexity index is 976. The molecule has 2 heterocycles. The first-order chi connectivity index (χ1) is 13.5. The quantitative estimate of drug-likeness (QED) is 0.506. The Morgan fingerprint density at radius 3 is 2.86 bits per heavy atom. The minimum atomic E-state index is -0.275. The summed E-state index contributed by atoms with van der Waals surface area (Å²) in [5, 5.41) is 7.41. The summed E-state index contributed by atoms with van der Waals surface area (Å²) in [7, 11) is 1.56. The molecule has 0 saturated heterocycles. The van der Waals surface area contributed by atoms with E-state index in [0.29, 0.717) is 22.6 Å². The molecule has 1 unspecified atom stereocenters. The third kappa shape index (κ3) is 4.54. The summed E-state index contributed by atoms with van der Waals surface area (Å²) in [5.41, 5.74) is 1.11. The number of halogens is 1. The average Bonchev–Trinajstić information content (AvgIpc) is 3.13. The summed E-state index contributed by atoms with van der Waals surface area (Å²) in [5.74, 6) is 0.730. The van der Waals surface area contributed by atoms with Crippen molar-refractivity contribution in [1.82, 2.24) is 15.3 Å². The number of hydrogen-bond donors (Lipinski definition) is 2. The van der Waals surface area contributed by atoms with Crippen LogP contribution < -0.4 is 15.4 Å². The maximum absolute atomic E-state index is 11.8. The maximum atomic E-state index is 11.8. The average molecular weight is 419 g/mol. The van der Waals surface area contributed by atoms with E-state index in [2.05, 4.69) is 34.4 Å². The number of rotatable bonds is 8. The number of amides is 1. The van der Waals surface area contributed by atoms with E-state index in [4.69, 9.17) is 16.3 Å². The summed E-state index contributed by atoms with van der Waals surface area (Å²) in [4.78, 5) is 20.4. The molecule has 3 aromatic rings. The lowest BCUT2D eigenvalue weighted by Crippen LogP contribution is -2.18. The molecule has 0 spiro atoms. The van der Waals surface area contributed by atoms with Crippen LogP contribution in [0.1, 0.15) is 43.6 Å². The van der Waals surface area contributed by atoms with Crippen molar-refractivity contribution in [3.63, 3.8) is 0 Å². The van der Waals surface area contributed by atoms with Gasteiger partial charge >= 0.3 is 0 Å². The maximum Gasteiger partial charge on any atom is 0.269 e. The fraction of sp³-hybridized carbons (Fsp3) is 0.350. The van der Waals surface area contributed by atoms with E-state index >= 15 is 0 Å². The van der Waals surface area contributed by atoms with Crippen molar-refractivity contribution >= 4 is 44.2 Å². The number of carbonyl (C=O) groups excluding carboxylic acids is 1. The second-order valence-corrected chi connectivity index (χ2v) is 7.72. The van der Waals surface area contributed by atoms with Crippen LogP contribution in [0.15, 0.2) is 30.5 Å². The molecule has 28 heavy (non-hydrogen) atoms. The Hall–Kier alpha value is -2.38. The number of pyridine rings is 1. The van der Waals surface area contributed by atoms with Gasteiger partial charge in [0.15, 0.2) is 5.13 Å². The van der Waals surface area contributed by atoms with Gasteiger partial charge in [0.25, 0.3) is 5.91 Å². The standard InChI is InChI=1S/C20H23ClN4O2S/c1-4-6-12(5-2)24-20-25-14-7-8-16(17(21)18(14)28-20)27-13-9-10-23-15(11-13)19(26)22-3/h7-12H,4-6H2,1-3H3,(H,22,26)(H,24,25).